The van der Waals surface area contributed by atoms with Gasteiger partial charge in [-0.25, -0.2) is 13.2 Å². The topological polar surface area (TPSA) is 20.2 Å². The number of aliphatic hydroxyl groups is 1. The molecule has 1 nitrogen and oxygen atoms in total. The van der Waals surface area contributed by atoms with Crippen LogP contribution >= 0.6 is 0 Å². The maximum absolute atomic E-state index is 13.6. The van der Waals surface area contributed by atoms with Crippen molar-refractivity contribution in [3.8, 4) is 0 Å². The largest absolute Gasteiger partial charge is 0.388 e. The van der Waals surface area contributed by atoms with Crippen molar-refractivity contribution < 1.29 is 18.3 Å². The minimum Gasteiger partial charge on any atom is -0.388 e. The molecule has 0 bridgehead atoms. The molecular formula is C14H17F3O. The van der Waals surface area contributed by atoms with Gasteiger partial charge in [-0.3, -0.25) is 0 Å². The summed E-state index contributed by atoms with van der Waals surface area (Å²) in [6, 6.07) is 2.00. The van der Waals surface area contributed by atoms with Gasteiger partial charge in [0, 0.05) is 5.56 Å². The Balaban J connectivity index is 2.23. The summed E-state index contributed by atoms with van der Waals surface area (Å²) in [4.78, 5) is 0. The molecule has 0 spiro atoms. The second kappa shape index (κ2) is 5.31. The van der Waals surface area contributed by atoms with Gasteiger partial charge in [0.2, 0.25) is 0 Å². The maximum Gasteiger partial charge on any atom is 0.194 e. The fourth-order valence-corrected chi connectivity index (χ4v) is 2.79. The number of rotatable bonds is 2. The Morgan fingerprint density at radius 1 is 1.17 bits per heavy atom. The highest BCUT2D eigenvalue weighted by Gasteiger charge is 2.29. The quantitative estimate of drug-likeness (QED) is 0.796. The zero-order chi connectivity index (χ0) is 13.3. The summed E-state index contributed by atoms with van der Waals surface area (Å²) in [6.45, 7) is 2.08. The summed E-state index contributed by atoms with van der Waals surface area (Å²) < 4.78 is 39.6. The van der Waals surface area contributed by atoms with Gasteiger partial charge < -0.3 is 5.11 Å². The average molecular weight is 258 g/mol. The lowest BCUT2D eigenvalue weighted by Crippen LogP contribution is -2.21. The Bertz CT molecular complexity index is 433. The molecule has 0 aliphatic heterocycles. The summed E-state index contributed by atoms with van der Waals surface area (Å²) in [5.74, 6) is -3.59. The van der Waals surface area contributed by atoms with E-state index in [1.54, 1.807) is 0 Å². The van der Waals surface area contributed by atoms with Crippen molar-refractivity contribution in [2.45, 2.75) is 38.7 Å². The van der Waals surface area contributed by atoms with Gasteiger partial charge >= 0.3 is 0 Å². The molecule has 1 saturated carbocycles. The lowest BCUT2D eigenvalue weighted by Gasteiger charge is -2.30. The Morgan fingerprint density at radius 2 is 1.89 bits per heavy atom. The number of hydrogen-bond acceptors (Lipinski definition) is 1. The number of hydrogen-bond donors (Lipinski definition) is 1. The molecule has 0 saturated heterocycles. The van der Waals surface area contributed by atoms with Crippen LogP contribution in [0.25, 0.3) is 0 Å². The van der Waals surface area contributed by atoms with E-state index in [0.717, 1.165) is 37.8 Å². The highest BCUT2D eigenvalue weighted by molar-refractivity contribution is 5.23. The highest BCUT2D eigenvalue weighted by Crippen LogP contribution is 2.38. The maximum atomic E-state index is 13.6. The summed E-state index contributed by atoms with van der Waals surface area (Å²) in [5, 5.41) is 10.1. The molecule has 1 aromatic carbocycles. The SMILES string of the molecule is CC1CCCC(C(O)c2ccc(F)c(F)c2F)C1. The fraction of sp³-hybridized carbons (Fsp3) is 0.571. The number of halogens is 3. The molecule has 0 aromatic heterocycles. The summed E-state index contributed by atoms with van der Waals surface area (Å²) in [6.07, 6.45) is 2.61. The van der Waals surface area contributed by atoms with E-state index in [4.69, 9.17) is 0 Å². The predicted molar refractivity (Wildman–Crippen MR) is 62.4 cm³/mol. The molecule has 18 heavy (non-hydrogen) atoms. The minimum atomic E-state index is -1.50. The third-order valence-corrected chi connectivity index (χ3v) is 3.81. The van der Waals surface area contributed by atoms with Gasteiger partial charge in [0.1, 0.15) is 0 Å². The predicted octanol–water partition coefficient (Wildman–Crippen LogP) is 3.96. The molecule has 4 heteroatoms. The monoisotopic (exact) mass is 258 g/mol. The molecule has 2 rings (SSSR count). The van der Waals surface area contributed by atoms with Crippen LogP contribution in [0.2, 0.25) is 0 Å². The highest BCUT2D eigenvalue weighted by atomic mass is 19.2. The van der Waals surface area contributed by atoms with Crippen molar-refractivity contribution in [3.63, 3.8) is 0 Å². The van der Waals surface area contributed by atoms with Crippen LogP contribution in [0.5, 0.6) is 0 Å². The molecule has 0 radical (unpaired) electrons. The second-order valence-corrected chi connectivity index (χ2v) is 5.24. The third kappa shape index (κ3) is 2.53. The van der Waals surface area contributed by atoms with Crippen molar-refractivity contribution >= 4 is 0 Å². The smallest absolute Gasteiger partial charge is 0.194 e. The average Bonchev–Trinajstić information content (AvgIpc) is 2.35. The standard InChI is InChI=1S/C14H17F3O/c1-8-3-2-4-9(7-8)14(18)10-5-6-11(15)13(17)12(10)16/h5-6,8-9,14,18H,2-4,7H2,1H3. The van der Waals surface area contributed by atoms with Crippen molar-refractivity contribution in [1.29, 1.82) is 0 Å². The minimum absolute atomic E-state index is 0.0758. The first-order valence-electron chi connectivity index (χ1n) is 6.32. The molecule has 0 heterocycles. The van der Waals surface area contributed by atoms with E-state index in [2.05, 4.69) is 6.92 Å². The Labute approximate surface area is 105 Å². The lowest BCUT2D eigenvalue weighted by atomic mass is 9.78. The van der Waals surface area contributed by atoms with Crippen LogP contribution in [-0.2, 0) is 0 Å². The van der Waals surface area contributed by atoms with Gasteiger partial charge in [-0.15, -0.1) is 0 Å². The number of benzene rings is 1. The zero-order valence-electron chi connectivity index (χ0n) is 10.3. The molecule has 3 unspecified atom stereocenters. The van der Waals surface area contributed by atoms with Crippen molar-refractivity contribution in [3.05, 3.63) is 35.1 Å². The van der Waals surface area contributed by atoms with Crippen LogP contribution in [-0.4, -0.2) is 5.11 Å². The molecule has 1 aromatic rings. The molecule has 0 amide bonds. The fourth-order valence-electron chi connectivity index (χ4n) is 2.79. The third-order valence-electron chi connectivity index (χ3n) is 3.81. The van der Waals surface area contributed by atoms with Crippen LogP contribution in [0.3, 0.4) is 0 Å². The Morgan fingerprint density at radius 3 is 2.56 bits per heavy atom. The van der Waals surface area contributed by atoms with E-state index in [1.807, 2.05) is 0 Å². The second-order valence-electron chi connectivity index (χ2n) is 5.24. The van der Waals surface area contributed by atoms with E-state index in [-0.39, 0.29) is 11.5 Å². The first kappa shape index (κ1) is 13.4. The van der Waals surface area contributed by atoms with Gasteiger partial charge in [0.15, 0.2) is 17.5 Å². The van der Waals surface area contributed by atoms with Crippen LogP contribution in [0.1, 0.15) is 44.3 Å². The van der Waals surface area contributed by atoms with Crippen LogP contribution in [0, 0.1) is 29.3 Å². The van der Waals surface area contributed by atoms with Gasteiger partial charge in [0.25, 0.3) is 0 Å². The van der Waals surface area contributed by atoms with E-state index in [0.29, 0.717) is 5.92 Å². The normalized spacial score (nSPS) is 26.1. The molecule has 1 aliphatic rings. The molecule has 100 valence electrons. The van der Waals surface area contributed by atoms with Gasteiger partial charge in [-0.2, -0.15) is 0 Å². The molecule has 1 aliphatic carbocycles. The molecule has 1 N–H and O–H groups in total. The van der Waals surface area contributed by atoms with Crippen molar-refractivity contribution in [1.82, 2.24) is 0 Å². The first-order chi connectivity index (χ1) is 8.50. The van der Waals surface area contributed by atoms with Crippen LogP contribution in [0.4, 0.5) is 13.2 Å². The van der Waals surface area contributed by atoms with E-state index >= 15 is 0 Å². The summed E-state index contributed by atoms with van der Waals surface area (Å²) in [5.41, 5.74) is -0.131. The van der Waals surface area contributed by atoms with E-state index in [1.165, 1.54) is 0 Å². The van der Waals surface area contributed by atoms with E-state index < -0.39 is 23.6 Å². The Hall–Kier alpha value is -1.03. The summed E-state index contributed by atoms with van der Waals surface area (Å²) in [7, 11) is 0. The van der Waals surface area contributed by atoms with Crippen LogP contribution in [0.15, 0.2) is 12.1 Å². The molecule has 1 fully saturated rings. The number of aliphatic hydroxyl groups excluding tert-OH is 1. The molecular weight excluding hydrogens is 241 g/mol. The van der Waals surface area contributed by atoms with Crippen molar-refractivity contribution in [2.24, 2.45) is 11.8 Å². The lowest BCUT2D eigenvalue weighted by molar-refractivity contribution is 0.0677. The van der Waals surface area contributed by atoms with Gasteiger partial charge in [-0.1, -0.05) is 25.8 Å². The van der Waals surface area contributed by atoms with Crippen LogP contribution < -0.4 is 0 Å². The van der Waals surface area contributed by atoms with Crippen molar-refractivity contribution in [2.75, 3.05) is 0 Å². The van der Waals surface area contributed by atoms with E-state index in [9.17, 15) is 18.3 Å². The summed E-state index contributed by atoms with van der Waals surface area (Å²) >= 11 is 0. The zero-order valence-corrected chi connectivity index (χ0v) is 10.3. The Kier molecular flexibility index (Phi) is 3.95. The van der Waals surface area contributed by atoms with Gasteiger partial charge in [0.05, 0.1) is 6.10 Å². The molecule has 3 atom stereocenters. The van der Waals surface area contributed by atoms with Gasteiger partial charge in [-0.05, 0) is 30.7 Å². The first-order valence-corrected chi connectivity index (χ1v) is 6.32.